The first-order valence-corrected chi connectivity index (χ1v) is 6.16. The lowest BCUT2D eigenvalue weighted by Gasteiger charge is -2.26. The fraction of sp³-hybridized carbons (Fsp3) is 0.467. The van der Waals surface area contributed by atoms with E-state index >= 15 is 0 Å². The lowest BCUT2D eigenvalue weighted by molar-refractivity contribution is 0.627. The average Bonchev–Trinajstić information content (AvgIpc) is 2.49. The van der Waals surface area contributed by atoms with Crippen LogP contribution in [0, 0.1) is 0 Å². The molecule has 0 bridgehead atoms. The average molecular weight is 215 g/mol. The Balaban J connectivity index is 2.56. The van der Waals surface area contributed by atoms with Crippen molar-refractivity contribution in [2.75, 3.05) is 11.4 Å². The Labute approximate surface area is 98.8 Å². The van der Waals surface area contributed by atoms with E-state index in [-0.39, 0.29) is 5.41 Å². The molecular weight excluding hydrogens is 194 g/mol. The summed E-state index contributed by atoms with van der Waals surface area (Å²) in [5.74, 6) is 0. The highest BCUT2D eigenvalue weighted by molar-refractivity contribution is 5.70. The molecule has 1 aliphatic rings. The largest absolute Gasteiger partial charge is 0.344 e. The van der Waals surface area contributed by atoms with Crippen molar-refractivity contribution in [3.8, 4) is 0 Å². The van der Waals surface area contributed by atoms with E-state index in [4.69, 9.17) is 0 Å². The van der Waals surface area contributed by atoms with Gasteiger partial charge in [0.1, 0.15) is 0 Å². The summed E-state index contributed by atoms with van der Waals surface area (Å²) < 4.78 is 0. The van der Waals surface area contributed by atoms with Gasteiger partial charge in [-0.3, -0.25) is 0 Å². The van der Waals surface area contributed by atoms with Gasteiger partial charge >= 0.3 is 0 Å². The first kappa shape index (κ1) is 11.3. The summed E-state index contributed by atoms with van der Waals surface area (Å²) in [6, 6.07) is 8.78. The highest BCUT2D eigenvalue weighted by atomic mass is 15.2. The molecule has 0 atom stereocenters. The Hall–Kier alpha value is -1.24. The maximum absolute atomic E-state index is 2.47. The van der Waals surface area contributed by atoms with Gasteiger partial charge in [-0.05, 0) is 25.0 Å². The number of rotatable bonds is 2. The van der Waals surface area contributed by atoms with E-state index in [1.807, 2.05) is 0 Å². The third-order valence-corrected chi connectivity index (χ3v) is 3.52. The molecule has 0 radical (unpaired) electrons. The fourth-order valence-electron chi connectivity index (χ4n) is 2.82. The maximum Gasteiger partial charge on any atom is 0.0450 e. The molecule has 1 aromatic carbocycles. The van der Waals surface area contributed by atoms with Gasteiger partial charge in [0.05, 0.1) is 0 Å². The standard InChI is InChI=1S/C15H21N/c1-5-11-16-13-10-8-7-9-12(13)15(3,4)14(16)6-2/h6-10H,5,11H2,1-4H3. The molecule has 0 aliphatic carbocycles. The molecule has 0 aromatic heterocycles. The number of para-hydroxylation sites is 1. The van der Waals surface area contributed by atoms with Crippen molar-refractivity contribution in [1.29, 1.82) is 0 Å². The summed E-state index contributed by atoms with van der Waals surface area (Å²) >= 11 is 0. The second-order valence-corrected chi connectivity index (χ2v) is 4.97. The summed E-state index contributed by atoms with van der Waals surface area (Å²) in [6.07, 6.45) is 3.44. The molecule has 1 aromatic rings. The highest BCUT2D eigenvalue weighted by Gasteiger charge is 2.38. The molecule has 1 heterocycles. The van der Waals surface area contributed by atoms with Crippen molar-refractivity contribution in [3.05, 3.63) is 41.6 Å². The van der Waals surface area contributed by atoms with E-state index in [1.54, 1.807) is 0 Å². The zero-order valence-corrected chi connectivity index (χ0v) is 10.7. The van der Waals surface area contributed by atoms with Crippen LogP contribution >= 0.6 is 0 Å². The van der Waals surface area contributed by atoms with E-state index < -0.39 is 0 Å². The Morgan fingerprint density at radius 2 is 1.94 bits per heavy atom. The van der Waals surface area contributed by atoms with Gasteiger partial charge in [-0.2, -0.15) is 0 Å². The third kappa shape index (κ3) is 1.46. The van der Waals surface area contributed by atoms with E-state index in [9.17, 15) is 0 Å². The molecule has 0 unspecified atom stereocenters. The first-order valence-electron chi connectivity index (χ1n) is 6.16. The van der Waals surface area contributed by atoms with Crippen LogP contribution in [0.2, 0.25) is 0 Å². The van der Waals surface area contributed by atoms with Crippen molar-refractivity contribution in [1.82, 2.24) is 0 Å². The summed E-state index contributed by atoms with van der Waals surface area (Å²) in [7, 11) is 0. The third-order valence-electron chi connectivity index (χ3n) is 3.52. The normalized spacial score (nSPS) is 20.2. The van der Waals surface area contributed by atoms with Gasteiger partial charge < -0.3 is 4.90 Å². The molecule has 0 spiro atoms. The molecular formula is C15H21N. The zero-order chi connectivity index (χ0) is 11.8. The lowest BCUT2D eigenvalue weighted by atomic mass is 9.84. The van der Waals surface area contributed by atoms with Crippen LogP contribution in [-0.2, 0) is 5.41 Å². The minimum Gasteiger partial charge on any atom is -0.344 e. The van der Waals surface area contributed by atoms with Crippen LogP contribution < -0.4 is 4.90 Å². The number of benzene rings is 1. The zero-order valence-electron chi connectivity index (χ0n) is 10.7. The topological polar surface area (TPSA) is 3.24 Å². The SMILES string of the molecule is CC=C1N(CCC)c2ccccc2C1(C)C. The molecule has 0 amide bonds. The molecule has 0 N–H and O–H groups in total. The quantitative estimate of drug-likeness (QED) is 0.718. The molecule has 0 fully saturated rings. The van der Waals surface area contributed by atoms with Crippen LogP contribution in [0.3, 0.4) is 0 Å². The van der Waals surface area contributed by atoms with Crippen LogP contribution in [0.4, 0.5) is 5.69 Å². The number of fused-ring (bicyclic) bond motifs is 1. The van der Waals surface area contributed by atoms with Crippen molar-refractivity contribution in [2.24, 2.45) is 0 Å². The van der Waals surface area contributed by atoms with Gasteiger partial charge in [-0.1, -0.05) is 45.0 Å². The monoisotopic (exact) mass is 215 g/mol. The number of hydrogen-bond donors (Lipinski definition) is 0. The summed E-state index contributed by atoms with van der Waals surface area (Å²) in [6.45, 7) is 10.1. The number of nitrogens with zero attached hydrogens (tertiary/aromatic N) is 1. The predicted molar refractivity (Wildman–Crippen MR) is 70.9 cm³/mol. The molecule has 1 heteroatoms. The highest BCUT2D eigenvalue weighted by Crippen LogP contribution is 2.47. The van der Waals surface area contributed by atoms with Crippen LogP contribution in [0.25, 0.3) is 0 Å². The van der Waals surface area contributed by atoms with E-state index in [0.717, 1.165) is 6.54 Å². The Bertz CT molecular complexity index is 415. The summed E-state index contributed by atoms with van der Waals surface area (Å²) in [5, 5.41) is 0. The fourth-order valence-corrected chi connectivity index (χ4v) is 2.82. The van der Waals surface area contributed by atoms with Gasteiger partial charge in [0.2, 0.25) is 0 Å². The molecule has 1 nitrogen and oxygen atoms in total. The molecule has 0 saturated carbocycles. The second-order valence-electron chi connectivity index (χ2n) is 4.97. The molecule has 86 valence electrons. The van der Waals surface area contributed by atoms with Gasteiger partial charge in [-0.25, -0.2) is 0 Å². The van der Waals surface area contributed by atoms with Crippen molar-refractivity contribution in [2.45, 2.75) is 39.5 Å². The van der Waals surface area contributed by atoms with E-state index in [0.29, 0.717) is 0 Å². The Morgan fingerprint density at radius 1 is 1.25 bits per heavy atom. The predicted octanol–water partition coefficient (Wildman–Crippen LogP) is 4.10. The minimum absolute atomic E-state index is 0.153. The van der Waals surface area contributed by atoms with Crippen LogP contribution in [0.5, 0.6) is 0 Å². The molecule has 2 rings (SSSR count). The molecule has 0 saturated heterocycles. The van der Waals surface area contributed by atoms with Crippen molar-refractivity contribution >= 4 is 5.69 Å². The lowest BCUT2D eigenvalue weighted by Crippen LogP contribution is -2.26. The Kier molecular flexibility index (Phi) is 2.79. The van der Waals surface area contributed by atoms with Gasteiger partial charge in [-0.15, -0.1) is 0 Å². The summed E-state index contributed by atoms with van der Waals surface area (Å²) in [5.41, 5.74) is 4.44. The smallest absolute Gasteiger partial charge is 0.0450 e. The summed E-state index contributed by atoms with van der Waals surface area (Å²) in [4.78, 5) is 2.47. The Morgan fingerprint density at radius 3 is 2.56 bits per heavy atom. The first-order chi connectivity index (χ1) is 7.62. The van der Waals surface area contributed by atoms with Crippen LogP contribution in [0.1, 0.15) is 39.7 Å². The molecule has 1 aliphatic heterocycles. The van der Waals surface area contributed by atoms with Gasteiger partial charge in [0.25, 0.3) is 0 Å². The number of hydrogen-bond acceptors (Lipinski definition) is 1. The van der Waals surface area contributed by atoms with E-state index in [1.165, 1.54) is 23.4 Å². The van der Waals surface area contributed by atoms with Gasteiger partial charge in [0.15, 0.2) is 0 Å². The van der Waals surface area contributed by atoms with Crippen molar-refractivity contribution in [3.63, 3.8) is 0 Å². The van der Waals surface area contributed by atoms with Crippen LogP contribution in [-0.4, -0.2) is 6.54 Å². The van der Waals surface area contributed by atoms with Gasteiger partial charge in [0, 0.05) is 23.3 Å². The van der Waals surface area contributed by atoms with Crippen LogP contribution in [0.15, 0.2) is 36.0 Å². The number of anilines is 1. The second kappa shape index (κ2) is 3.97. The molecule has 16 heavy (non-hydrogen) atoms. The van der Waals surface area contributed by atoms with E-state index in [2.05, 4.69) is 62.9 Å². The minimum atomic E-state index is 0.153. The number of allylic oxidation sites excluding steroid dienone is 2. The van der Waals surface area contributed by atoms with Crippen molar-refractivity contribution < 1.29 is 0 Å². The maximum atomic E-state index is 2.47.